The number of benzene rings is 1. The molecule has 0 spiro atoms. The molecule has 1 heterocycles. The highest BCUT2D eigenvalue weighted by Gasteiger charge is 2.31. The summed E-state index contributed by atoms with van der Waals surface area (Å²) in [5, 5.41) is 6.19. The topological polar surface area (TPSA) is 61.4 Å². The molecule has 1 saturated heterocycles. The lowest BCUT2D eigenvalue weighted by Gasteiger charge is -2.34. The van der Waals surface area contributed by atoms with Crippen molar-refractivity contribution in [2.45, 2.75) is 77.1 Å². The molecule has 0 radical (unpaired) electrons. The molecule has 178 valence electrons. The molecule has 1 unspecified atom stereocenters. The molecule has 1 atom stereocenters. The summed E-state index contributed by atoms with van der Waals surface area (Å²) in [5.41, 5.74) is -0.356. The molecule has 1 aromatic carbocycles. The third kappa shape index (κ3) is 6.70. The predicted molar refractivity (Wildman–Crippen MR) is 117 cm³/mol. The number of rotatable bonds is 6. The van der Waals surface area contributed by atoms with Gasteiger partial charge in [-0.3, -0.25) is 9.59 Å². The Hall–Kier alpha value is -2.09. The summed E-state index contributed by atoms with van der Waals surface area (Å²) in [6, 6.07) is 4.03. The zero-order valence-electron chi connectivity index (χ0n) is 18.9. The van der Waals surface area contributed by atoms with Crippen LogP contribution in [0.4, 0.5) is 13.2 Å². The fourth-order valence-electron chi connectivity index (χ4n) is 4.79. The number of alkyl halides is 3. The zero-order valence-corrected chi connectivity index (χ0v) is 18.9. The number of piperidine rings is 1. The minimum Gasteiger partial charge on any atom is -0.352 e. The van der Waals surface area contributed by atoms with E-state index in [0.29, 0.717) is 30.6 Å². The van der Waals surface area contributed by atoms with Crippen LogP contribution in [0.15, 0.2) is 18.2 Å². The van der Waals surface area contributed by atoms with E-state index in [4.69, 9.17) is 0 Å². The van der Waals surface area contributed by atoms with Crippen LogP contribution in [0.5, 0.6) is 0 Å². The molecule has 1 aliphatic carbocycles. The number of carbonyl (C=O) groups excluding carboxylic acids is 2. The average molecular weight is 454 g/mol. The van der Waals surface area contributed by atoms with Crippen LogP contribution in [0.25, 0.3) is 0 Å². The highest BCUT2D eigenvalue weighted by molar-refractivity contribution is 5.94. The Morgan fingerprint density at radius 3 is 2.44 bits per heavy atom. The summed E-state index contributed by atoms with van der Waals surface area (Å²) in [4.78, 5) is 26.9. The van der Waals surface area contributed by atoms with Crippen molar-refractivity contribution in [3.05, 3.63) is 34.9 Å². The van der Waals surface area contributed by atoms with Gasteiger partial charge in [0.25, 0.3) is 5.91 Å². The molecule has 32 heavy (non-hydrogen) atoms. The second-order valence-corrected chi connectivity index (χ2v) is 9.33. The molecule has 2 N–H and O–H groups in total. The highest BCUT2D eigenvalue weighted by Crippen LogP contribution is 2.30. The van der Waals surface area contributed by atoms with E-state index in [-0.39, 0.29) is 17.5 Å². The molecule has 8 heteroatoms. The third-order valence-electron chi connectivity index (χ3n) is 6.73. The van der Waals surface area contributed by atoms with Gasteiger partial charge in [-0.25, -0.2) is 0 Å². The van der Waals surface area contributed by atoms with E-state index in [2.05, 4.69) is 17.6 Å². The SMILES string of the molecule is Cc1cc(C(=O)NCC2CCC(NCC(=O)N3CCCCC3C)CC2)cc(C(F)(F)F)c1. The number of hydrogen-bond donors (Lipinski definition) is 2. The first-order valence-electron chi connectivity index (χ1n) is 11.6. The first kappa shape index (κ1) is 24.6. The van der Waals surface area contributed by atoms with Crippen molar-refractivity contribution >= 4 is 11.8 Å². The summed E-state index contributed by atoms with van der Waals surface area (Å²) in [6.07, 6.45) is 2.53. The lowest BCUT2D eigenvalue weighted by atomic mass is 9.86. The summed E-state index contributed by atoms with van der Waals surface area (Å²) < 4.78 is 39.0. The standard InChI is InChI=1S/C24H34F3N3O2/c1-16-11-19(13-20(12-16)24(25,26)27)23(32)29-14-18-6-8-21(9-7-18)28-15-22(31)30-10-4-3-5-17(30)2/h11-13,17-18,21,28H,3-10,14-15H2,1-2H3,(H,29,32). The first-order valence-corrected chi connectivity index (χ1v) is 11.6. The monoisotopic (exact) mass is 453 g/mol. The van der Waals surface area contributed by atoms with Gasteiger partial charge in [-0.15, -0.1) is 0 Å². The van der Waals surface area contributed by atoms with Crippen molar-refractivity contribution in [2.75, 3.05) is 19.6 Å². The molecule has 2 fully saturated rings. The van der Waals surface area contributed by atoms with Crippen molar-refractivity contribution < 1.29 is 22.8 Å². The van der Waals surface area contributed by atoms with Gasteiger partial charge in [-0.1, -0.05) is 0 Å². The highest BCUT2D eigenvalue weighted by atomic mass is 19.4. The van der Waals surface area contributed by atoms with Gasteiger partial charge in [-0.05, 0) is 88.5 Å². The van der Waals surface area contributed by atoms with Gasteiger partial charge in [0.1, 0.15) is 0 Å². The van der Waals surface area contributed by atoms with Gasteiger partial charge in [0, 0.05) is 30.7 Å². The summed E-state index contributed by atoms with van der Waals surface area (Å²) in [7, 11) is 0. The molecular formula is C24H34F3N3O2. The van der Waals surface area contributed by atoms with Crippen molar-refractivity contribution in [1.82, 2.24) is 15.5 Å². The molecule has 5 nitrogen and oxygen atoms in total. The quantitative estimate of drug-likeness (QED) is 0.676. The van der Waals surface area contributed by atoms with Gasteiger partial charge in [0.05, 0.1) is 12.1 Å². The number of amides is 2. The number of carbonyl (C=O) groups is 2. The van der Waals surface area contributed by atoms with Crippen molar-refractivity contribution in [3.63, 3.8) is 0 Å². The Morgan fingerprint density at radius 1 is 1.06 bits per heavy atom. The maximum Gasteiger partial charge on any atom is 0.416 e. The zero-order chi connectivity index (χ0) is 23.3. The van der Waals surface area contributed by atoms with E-state index in [0.717, 1.165) is 57.2 Å². The number of nitrogens with one attached hydrogen (secondary N) is 2. The Balaban J connectivity index is 1.40. The number of hydrogen-bond acceptors (Lipinski definition) is 3. The fourth-order valence-corrected chi connectivity index (χ4v) is 4.79. The molecule has 0 aromatic heterocycles. The van der Waals surface area contributed by atoms with Gasteiger partial charge in [-0.2, -0.15) is 13.2 Å². The van der Waals surface area contributed by atoms with Crippen LogP contribution < -0.4 is 10.6 Å². The Labute approximate surface area is 188 Å². The van der Waals surface area contributed by atoms with Gasteiger partial charge < -0.3 is 15.5 Å². The van der Waals surface area contributed by atoms with Gasteiger partial charge in [0.15, 0.2) is 0 Å². The molecule has 2 aliphatic rings. The van der Waals surface area contributed by atoms with E-state index in [1.807, 2.05) is 4.90 Å². The van der Waals surface area contributed by atoms with E-state index >= 15 is 0 Å². The molecule has 1 aromatic rings. The van der Waals surface area contributed by atoms with Crippen LogP contribution in [-0.2, 0) is 11.0 Å². The van der Waals surface area contributed by atoms with Crippen LogP contribution >= 0.6 is 0 Å². The summed E-state index contributed by atoms with van der Waals surface area (Å²) >= 11 is 0. The number of aryl methyl sites for hydroxylation is 1. The van der Waals surface area contributed by atoms with E-state index < -0.39 is 17.6 Å². The normalized spacial score (nSPS) is 24.3. The van der Waals surface area contributed by atoms with Crippen molar-refractivity contribution in [1.29, 1.82) is 0 Å². The molecule has 2 amide bonds. The Kier molecular flexibility index (Phi) is 8.20. The van der Waals surface area contributed by atoms with Crippen LogP contribution in [0.2, 0.25) is 0 Å². The van der Waals surface area contributed by atoms with Crippen LogP contribution in [0.1, 0.15) is 73.4 Å². The van der Waals surface area contributed by atoms with E-state index in [1.165, 1.54) is 12.5 Å². The maximum absolute atomic E-state index is 13.0. The first-order chi connectivity index (χ1) is 15.1. The Morgan fingerprint density at radius 2 is 1.78 bits per heavy atom. The lowest BCUT2D eigenvalue weighted by Crippen LogP contribution is -2.48. The third-order valence-corrected chi connectivity index (χ3v) is 6.73. The van der Waals surface area contributed by atoms with Crippen LogP contribution in [0.3, 0.4) is 0 Å². The minimum atomic E-state index is -4.47. The second kappa shape index (κ2) is 10.7. The molecular weight excluding hydrogens is 419 g/mol. The van der Waals surface area contributed by atoms with E-state index in [1.54, 1.807) is 6.92 Å². The summed E-state index contributed by atoms with van der Waals surface area (Å²) in [6.45, 7) is 5.32. The van der Waals surface area contributed by atoms with Crippen molar-refractivity contribution in [2.24, 2.45) is 5.92 Å². The van der Waals surface area contributed by atoms with Crippen LogP contribution in [-0.4, -0.2) is 48.4 Å². The molecule has 0 bridgehead atoms. The maximum atomic E-state index is 13.0. The molecule has 1 saturated carbocycles. The van der Waals surface area contributed by atoms with Crippen molar-refractivity contribution in [3.8, 4) is 0 Å². The average Bonchev–Trinajstić information content (AvgIpc) is 2.76. The minimum absolute atomic E-state index is 0.0399. The predicted octanol–water partition coefficient (Wildman–Crippen LogP) is 4.29. The fraction of sp³-hybridized carbons (Fsp3) is 0.667. The number of likely N-dealkylation sites (tertiary alicyclic amines) is 1. The Bertz CT molecular complexity index is 804. The van der Waals surface area contributed by atoms with Gasteiger partial charge in [0.2, 0.25) is 5.91 Å². The molecule has 1 aliphatic heterocycles. The van der Waals surface area contributed by atoms with Gasteiger partial charge >= 0.3 is 6.18 Å². The summed E-state index contributed by atoms with van der Waals surface area (Å²) in [5.74, 6) is -0.00891. The largest absolute Gasteiger partial charge is 0.416 e. The smallest absolute Gasteiger partial charge is 0.352 e. The number of nitrogens with zero attached hydrogens (tertiary/aromatic N) is 1. The van der Waals surface area contributed by atoms with Crippen LogP contribution in [0, 0.1) is 12.8 Å². The second-order valence-electron chi connectivity index (χ2n) is 9.33. The lowest BCUT2D eigenvalue weighted by molar-refractivity contribution is -0.137. The number of halogens is 3. The van der Waals surface area contributed by atoms with E-state index in [9.17, 15) is 22.8 Å². The molecule has 3 rings (SSSR count).